The number of nitrogens with one attached hydrogen (secondary N) is 2. The summed E-state index contributed by atoms with van der Waals surface area (Å²) < 4.78 is 0.549. The van der Waals surface area contributed by atoms with Gasteiger partial charge in [-0.05, 0) is 12.1 Å². The fraction of sp³-hybridized carbons (Fsp3) is 0.222. The molecule has 2 heterocycles. The van der Waals surface area contributed by atoms with Crippen molar-refractivity contribution in [3.8, 4) is 0 Å². The van der Waals surface area contributed by atoms with Crippen LogP contribution < -0.4 is 10.6 Å². The number of hydrogen-bond donors (Lipinski definition) is 2. The van der Waals surface area contributed by atoms with Crippen LogP contribution in [-0.4, -0.2) is 27.0 Å². The molecule has 1 aromatic rings. The molecule has 0 bridgehead atoms. The van der Waals surface area contributed by atoms with Gasteiger partial charge in [-0.1, -0.05) is 30.0 Å². The van der Waals surface area contributed by atoms with E-state index in [1.54, 1.807) is 6.20 Å². The summed E-state index contributed by atoms with van der Waals surface area (Å²) in [6, 6.07) is 5.59. The topological polar surface area (TPSA) is 54.0 Å². The maximum atomic E-state index is 11.3. The van der Waals surface area contributed by atoms with Crippen LogP contribution in [-0.2, 0) is 4.79 Å². The van der Waals surface area contributed by atoms with Crippen molar-refractivity contribution in [3.05, 3.63) is 24.4 Å². The average Bonchev–Trinajstić information content (AvgIpc) is 2.56. The molecule has 1 unspecified atom stereocenters. The van der Waals surface area contributed by atoms with Crippen molar-refractivity contribution < 1.29 is 4.79 Å². The predicted molar refractivity (Wildman–Crippen MR) is 64.8 cm³/mol. The van der Waals surface area contributed by atoms with E-state index >= 15 is 0 Å². The minimum absolute atomic E-state index is 0.0339. The van der Waals surface area contributed by atoms with E-state index in [2.05, 4.69) is 15.6 Å². The first-order valence-electron chi connectivity index (χ1n) is 4.42. The highest BCUT2D eigenvalue weighted by molar-refractivity contribution is 8.24. The summed E-state index contributed by atoms with van der Waals surface area (Å²) in [5.74, 6) is 0.733. The number of thiocarbonyl (C=S) groups is 1. The van der Waals surface area contributed by atoms with Crippen LogP contribution in [0.2, 0.25) is 0 Å². The fourth-order valence-corrected chi connectivity index (χ4v) is 2.39. The third kappa shape index (κ3) is 2.66. The minimum Gasteiger partial charge on any atom is -0.368 e. The second-order valence-electron chi connectivity index (χ2n) is 2.98. The van der Waals surface area contributed by atoms with Gasteiger partial charge in [-0.25, -0.2) is 4.98 Å². The minimum atomic E-state index is -0.153. The van der Waals surface area contributed by atoms with Gasteiger partial charge in [0.2, 0.25) is 5.91 Å². The van der Waals surface area contributed by atoms with Gasteiger partial charge < -0.3 is 10.6 Å². The molecule has 0 aliphatic carbocycles. The highest BCUT2D eigenvalue weighted by atomic mass is 32.2. The maximum Gasteiger partial charge on any atom is 0.240 e. The molecule has 2 N–H and O–H groups in total. The van der Waals surface area contributed by atoms with Crippen molar-refractivity contribution >= 4 is 40.0 Å². The monoisotopic (exact) mass is 239 g/mol. The number of pyridine rings is 1. The first-order valence-corrected chi connectivity index (χ1v) is 5.71. The molecule has 0 spiro atoms. The van der Waals surface area contributed by atoms with Crippen LogP contribution in [0.4, 0.5) is 5.82 Å². The van der Waals surface area contributed by atoms with Crippen LogP contribution in [0.3, 0.4) is 0 Å². The maximum absolute atomic E-state index is 11.3. The van der Waals surface area contributed by atoms with E-state index in [-0.39, 0.29) is 11.2 Å². The highest BCUT2D eigenvalue weighted by Gasteiger charge is 2.28. The van der Waals surface area contributed by atoms with Gasteiger partial charge in [-0.15, -0.1) is 0 Å². The number of thioether (sulfide) groups is 1. The van der Waals surface area contributed by atoms with E-state index in [0.717, 1.165) is 5.82 Å². The van der Waals surface area contributed by atoms with Gasteiger partial charge in [0.1, 0.15) is 15.4 Å². The molecule has 1 aromatic heterocycles. The molecule has 15 heavy (non-hydrogen) atoms. The SMILES string of the molecule is O=C1NC(=S)SC1CNc1ccccn1. The standard InChI is InChI=1S/C9H9N3OS2/c13-8-6(15-9(14)12-8)5-11-7-3-1-2-4-10-7/h1-4,6H,5H2,(H,10,11)(H,12,13,14). The van der Waals surface area contributed by atoms with Crippen molar-refractivity contribution in [3.63, 3.8) is 0 Å². The number of nitrogens with zero attached hydrogens (tertiary/aromatic N) is 1. The molecular weight excluding hydrogens is 230 g/mol. The summed E-state index contributed by atoms with van der Waals surface area (Å²) in [7, 11) is 0. The summed E-state index contributed by atoms with van der Waals surface area (Å²) in [4.78, 5) is 15.4. The van der Waals surface area contributed by atoms with Crippen molar-refractivity contribution in [2.24, 2.45) is 0 Å². The van der Waals surface area contributed by atoms with Crippen molar-refractivity contribution in [1.29, 1.82) is 0 Å². The van der Waals surface area contributed by atoms with Crippen molar-refractivity contribution in [1.82, 2.24) is 10.3 Å². The zero-order valence-electron chi connectivity index (χ0n) is 7.77. The number of anilines is 1. The average molecular weight is 239 g/mol. The molecule has 6 heteroatoms. The fourth-order valence-electron chi connectivity index (χ4n) is 1.19. The van der Waals surface area contributed by atoms with E-state index < -0.39 is 0 Å². The Bertz CT molecular complexity index is 382. The molecule has 4 nitrogen and oxygen atoms in total. The third-order valence-corrected chi connectivity index (χ3v) is 3.27. The smallest absolute Gasteiger partial charge is 0.240 e. The van der Waals surface area contributed by atoms with Gasteiger partial charge >= 0.3 is 0 Å². The number of rotatable bonds is 3. The lowest BCUT2D eigenvalue weighted by Crippen LogP contribution is -2.29. The summed E-state index contributed by atoms with van der Waals surface area (Å²) in [5, 5.41) is 5.53. The summed E-state index contributed by atoms with van der Waals surface area (Å²) >= 11 is 6.27. The Hall–Kier alpha value is -1.14. The van der Waals surface area contributed by atoms with Gasteiger partial charge in [0, 0.05) is 12.7 Å². The van der Waals surface area contributed by atoms with E-state index in [1.165, 1.54) is 11.8 Å². The Morgan fingerprint density at radius 3 is 3.07 bits per heavy atom. The van der Waals surface area contributed by atoms with Gasteiger partial charge in [0.15, 0.2) is 0 Å². The second-order valence-corrected chi connectivity index (χ2v) is 4.86. The molecular formula is C9H9N3OS2. The number of amides is 1. The van der Waals surface area contributed by atoms with E-state index in [1.807, 2.05) is 18.2 Å². The molecule has 1 fully saturated rings. The van der Waals surface area contributed by atoms with Gasteiger partial charge in [0.05, 0.1) is 0 Å². The molecule has 78 valence electrons. The molecule has 1 atom stereocenters. The lowest BCUT2D eigenvalue weighted by atomic mass is 10.4. The number of aromatic nitrogens is 1. The van der Waals surface area contributed by atoms with Crippen molar-refractivity contribution in [2.45, 2.75) is 5.25 Å². The Labute approximate surface area is 96.8 Å². The molecule has 1 aliphatic rings. The molecule has 1 aliphatic heterocycles. The molecule has 2 rings (SSSR count). The number of carbonyl (C=O) groups excluding carboxylic acids is 1. The van der Waals surface area contributed by atoms with Crippen LogP contribution in [0.5, 0.6) is 0 Å². The van der Waals surface area contributed by atoms with Crippen LogP contribution in [0, 0.1) is 0 Å². The lowest BCUT2D eigenvalue weighted by molar-refractivity contribution is -0.118. The van der Waals surface area contributed by atoms with Crippen LogP contribution >= 0.6 is 24.0 Å². The van der Waals surface area contributed by atoms with E-state index in [9.17, 15) is 4.79 Å². The Kier molecular flexibility index (Phi) is 3.17. The molecule has 0 aromatic carbocycles. The second kappa shape index (κ2) is 4.59. The molecule has 0 radical (unpaired) electrons. The summed E-state index contributed by atoms with van der Waals surface area (Å²) in [5.41, 5.74) is 0. The van der Waals surface area contributed by atoms with Gasteiger partial charge in [-0.2, -0.15) is 0 Å². The zero-order chi connectivity index (χ0) is 10.7. The zero-order valence-corrected chi connectivity index (χ0v) is 9.40. The van der Waals surface area contributed by atoms with Crippen LogP contribution in [0.15, 0.2) is 24.4 Å². The van der Waals surface area contributed by atoms with Crippen LogP contribution in [0.25, 0.3) is 0 Å². The van der Waals surface area contributed by atoms with Gasteiger partial charge in [-0.3, -0.25) is 4.79 Å². The Morgan fingerprint density at radius 2 is 2.47 bits per heavy atom. The molecule has 1 saturated heterocycles. The van der Waals surface area contributed by atoms with E-state index in [4.69, 9.17) is 12.2 Å². The quantitative estimate of drug-likeness (QED) is 0.771. The summed E-state index contributed by atoms with van der Waals surface area (Å²) in [6.07, 6.45) is 1.70. The molecule has 1 amide bonds. The van der Waals surface area contributed by atoms with E-state index in [0.29, 0.717) is 10.9 Å². The largest absolute Gasteiger partial charge is 0.368 e. The summed E-state index contributed by atoms with van der Waals surface area (Å²) in [6.45, 7) is 0.535. The highest BCUT2D eigenvalue weighted by Crippen LogP contribution is 2.19. The number of carbonyl (C=O) groups is 1. The third-order valence-electron chi connectivity index (χ3n) is 1.90. The normalized spacial score (nSPS) is 20.1. The first kappa shape index (κ1) is 10.4. The predicted octanol–water partition coefficient (Wildman–Crippen LogP) is 1.01. The Morgan fingerprint density at radius 1 is 1.60 bits per heavy atom. The van der Waals surface area contributed by atoms with Crippen molar-refractivity contribution in [2.75, 3.05) is 11.9 Å². The number of hydrogen-bond acceptors (Lipinski definition) is 5. The first-order chi connectivity index (χ1) is 7.25. The van der Waals surface area contributed by atoms with Gasteiger partial charge in [0.25, 0.3) is 0 Å². The lowest BCUT2D eigenvalue weighted by Gasteiger charge is -2.07. The van der Waals surface area contributed by atoms with Crippen LogP contribution in [0.1, 0.15) is 0 Å². The molecule has 0 saturated carbocycles. The Balaban J connectivity index is 1.89.